The highest BCUT2D eigenvalue weighted by molar-refractivity contribution is 6.02. The fraction of sp³-hybridized carbons (Fsp3) is 0.611. The van der Waals surface area contributed by atoms with Crippen LogP contribution in [0, 0.1) is 5.92 Å². The number of ketones is 1. The van der Waals surface area contributed by atoms with Crippen LogP contribution in [0.4, 0.5) is 0 Å². The van der Waals surface area contributed by atoms with Crippen LogP contribution < -0.4 is 10.1 Å². The number of ether oxygens (including phenoxy) is 1. The summed E-state index contributed by atoms with van der Waals surface area (Å²) in [7, 11) is 0. The lowest BCUT2D eigenvalue weighted by molar-refractivity contribution is 0.0945. The number of carbonyl (C=O) groups is 1. The summed E-state index contributed by atoms with van der Waals surface area (Å²) in [5.41, 5.74) is 0.738. The quantitative estimate of drug-likeness (QED) is 0.841. The van der Waals surface area contributed by atoms with Gasteiger partial charge in [-0.25, -0.2) is 0 Å². The normalized spacial score (nSPS) is 28.1. The lowest BCUT2D eigenvalue weighted by Gasteiger charge is -2.24. The summed E-state index contributed by atoms with van der Waals surface area (Å²) in [4.78, 5) is 12.8. The molecule has 1 aromatic carbocycles. The Bertz CT molecular complexity index is 486. The van der Waals surface area contributed by atoms with Crippen molar-refractivity contribution in [2.24, 2.45) is 5.92 Å². The van der Waals surface area contributed by atoms with Crippen LogP contribution in [0.1, 0.15) is 55.8 Å². The number of hydrogen-bond donors (Lipinski definition) is 1. The van der Waals surface area contributed by atoms with Crippen LogP contribution in [-0.2, 0) is 0 Å². The Kier molecular flexibility index (Phi) is 4.59. The van der Waals surface area contributed by atoms with E-state index in [9.17, 15) is 4.79 Å². The van der Waals surface area contributed by atoms with Gasteiger partial charge in [0.2, 0.25) is 0 Å². The first-order chi connectivity index (χ1) is 10.3. The zero-order valence-electron chi connectivity index (χ0n) is 12.8. The van der Waals surface area contributed by atoms with Gasteiger partial charge in [0.1, 0.15) is 5.75 Å². The van der Waals surface area contributed by atoms with Crippen LogP contribution in [-0.4, -0.2) is 24.5 Å². The first-order valence-corrected chi connectivity index (χ1v) is 8.31. The summed E-state index contributed by atoms with van der Waals surface area (Å²) < 4.78 is 5.74. The molecule has 2 fully saturated rings. The average molecular weight is 287 g/mol. The maximum atomic E-state index is 12.8. The Morgan fingerprint density at radius 3 is 2.90 bits per heavy atom. The van der Waals surface area contributed by atoms with Crippen molar-refractivity contribution in [3.63, 3.8) is 0 Å². The minimum atomic E-state index is -0.0236. The Labute approximate surface area is 127 Å². The third-order valence-electron chi connectivity index (χ3n) is 4.79. The summed E-state index contributed by atoms with van der Waals surface area (Å²) in [6.45, 7) is 2.74. The van der Waals surface area contributed by atoms with Gasteiger partial charge in [0.15, 0.2) is 5.78 Å². The summed E-state index contributed by atoms with van der Waals surface area (Å²) in [6.07, 6.45) is 7.06. The molecular weight excluding hydrogens is 262 g/mol. The number of para-hydroxylation sites is 1. The maximum absolute atomic E-state index is 12.8. The van der Waals surface area contributed by atoms with Gasteiger partial charge in [-0.05, 0) is 43.7 Å². The Hall–Kier alpha value is -1.35. The number of fused-ring (bicyclic) bond motifs is 1. The molecule has 0 aromatic heterocycles. The summed E-state index contributed by atoms with van der Waals surface area (Å²) in [6, 6.07) is 8.19. The van der Waals surface area contributed by atoms with Gasteiger partial charge in [-0.3, -0.25) is 4.79 Å². The molecular formula is C18H25NO2. The second-order valence-electron chi connectivity index (χ2n) is 6.31. The Balaban J connectivity index is 1.73. The molecule has 1 saturated heterocycles. The van der Waals surface area contributed by atoms with E-state index >= 15 is 0 Å². The molecule has 3 heteroatoms. The molecule has 0 amide bonds. The largest absolute Gasteiger partial charge is 0.493 e. The highest BCUT2D eigenvalue weighted by Crippen LogP contribution is 2.35. The van der Waals surface area contributed by atoms with E-state index in [0.29, 0.717) is 18.6 Å². The molecule has 0 spiro atoms. The predicted octanol–water partition coefficient (Wildman–Crippen LogP) is 3.58. The van der Waals surface area contributed by atoms with Gasteiger partial charge in [-0.2, -0.15) is 0 Å². The monoisotopic (exact) mass is 287 g/mol. The molecule has 1 heterocycles. The molecule has 3 atom stereocenters. The van der Waals surface area contributed by atoms with Gasteiger partial charge in [0.25, 0.3) is 0 Å². The van der Waals surface area contributed by atoms with Crippen LogP contribution in [0.25, 0.3) is 0 Å². The highest BCUT2D eigenvalue weighted by Gasteiger charge is 2.38. The zero-order chi connectivity index (χ0) is 14.7. The van der Waals surface area contributed by atoms with Gasteiger partial charge in [-0.15, -0.1) is 0 Å². The third-order valence-corrected chi connectivity index (χ3v) is 4.79. The molecule has 114 valence electrons. The molecule has 1 N–H and O–H groups in total. The minimum absolute atomic E-state index is 0.0236. The van der Waals surface area contributed by atoms with Gasteiger partial charge < -0.3 is 10.1 Å². The molecule has 1 aliphatic carbocycles. The van der Waals surface area contributed by atoms with Crippen LogP contribution in [0.15, 0.2) is 24.3 Å². The van der Waals surface area contributed by atoms with E-state index in [1.807, 2.05) is 24.3 Å². The van der Waals surface area contributed by atoms with Crippen LogP contribution in [0.2, 0.25) is 0 Å². The van der Waals surface area contributed by atoms with Gasteiger partial charge in [0.05, 0.1) is 18.2 Å². The van der Waals surface area contributed by atoms with Crippen molar-refractivity contribution in [3.05, 3.63) is 29.8 Å². The maximum Gasteiger partial charge on any atom is 0.183 e. The van der Waals surface area contributed by atoms with E-state index in [1.165, 1.54) is 25.7 Å². The standard InChI is InChI=1S/C18H25NO2/c1-2-11-21-17-10-6-4-8-14(17)18(20)16-12-13-7-3-5-9-15(13)19-16/h4,6,8,10,13,15-16,19H,2-3,5,7,9,11-12H2,1H3. The molecule has 3 nitrogen and oxygen atoms in total. The van der Waals surface area contributed by atoms with E-state index in [0.717, 1.165) is 24.2 Å². The number of carbonyl (C=O) groups excluding carboxylic acids is 1. The summed E-state index contributed by atoms with van der Waals surface area (Å²) in [5.74, 6) is 1.63. The number of rotatable bonds is 5. The number of Topliss-reactive ketones (excluding diaryl/α,β-unsaturated/α-hetero) is 1. The molecule has 0 bridgehead atoms. The van der Waals surface area contributed by atoms with Gasteiger partial charge in [-0.1, -0.05) is 31.9 Å². The Morgan fingerprint density at radius 2 is 2.10 bits per heavy atom. The topological polar surface area (TPSA) is 38.3 Å². The lowest BCUT2D eigenvalue weighted by atomic mass is 9.84. The van der Waals surface area contributed by atoms with Crippen LogP contribution >= 0.6 is 0 Å². The van der Waals surface area contributed by atoms with E-state index < -0.39 is 0 Å². The second-order valence-corrected chi connectivity index (χ2v) is 6.31. The smallest absolute Gasteiger partial charge is 0.183 e. The number of benzene rings is 1. The second kappa shape index (κ2) is 6.61. The molecule has 1 aromatic rings. The predicted molar refractivity (Wildman–Crippen MR) is 83.8 cm³/mol. The van der Waals surface area contributed by atoms with Crippen molar-refractivity contribution in [1.29, 1.82) is 0 Å². The molecule has 1 aliphatic heterocycles. The van der Waals surface area contributed by atoms with Crippen molar-refractivity contribution in [3.8, 4) is 5.75 Å². The average Bonchev–Trinajstić information content (AvgIpc) is 2.96. The molecule has 2 aliphatic rings. The molecule has 0 radical (unpaired) electrons. The SMILES string of the molecule is CCCOc1ccccc1C(=O)C1CC2CCCCC2N1. The van der Waals surface area contributed by atoms with Gasteiger partial charge in [0, 0.05) is 6.04 Å². The first kappa shape index (κ1) is 14.6. The van der Waals surface area contributed by atoms with Crippen molar-refractivity contribution in [1.82, 2.24) is 5.32 Å². The molecule has 3 rings (SSSR count). The van der Waals surface area contributed by atoms with Crippen molar-refractivity contribution in [2.45, 2.75) is 57.5 Å². The van der Waals surface area contributed by atoms with E-state index in [2.05, 4.69) is 12.2 Å². The third kappa shape index (κ3) is 3.13. The fourth-order valence-electron chi connectivity index (χ4n) is 3.72. The fourth-order valence-corrected chi connectivity index (χ4v) is 3.72. The van der Waals surface area contributed by atoms with E-state index in [4.69, 9.17) is 4.74 Å². The van der Waals surface area contributed by atoms with Gasteiger partial charge >= 0.3 is 0 Å². The van der Waals surface area contributed by atoms with Crippen molar-refractivity contribution in [2.75, 3.05) is 6.61 Å². The number of hydrogen-bond acceptors (Lipinski definition) is 3. The van der Waals surface area contributed by atoms with E-state index in [1.54, 1.807) is 0 Å². The summed E-state index contributed by atoms with van der Waals surface area (Å²) in [5, 5.41) is 3.57. The van der Waals surface area contributed by atoms with Crippen molar-refractivity contribution < 1.29 is 9.53 Å². The van der Waals surface area contributed by atoms with E-state index in [-0.39, 0.29) is 11.8 Å². The van der Waals surface area contributed by atoms with Crippen LogP contribution in [0.3, 0.4) is 0 Å². The minimum Gasteiger partial charge on any atom is -0.493 e. The highest BCUT2D eigenvalue weighted by atomic mass is 16.5. The zero-order valence-corrected chi connectivity index (χ0v) is 12.8. The van der Waals surface area contributed by atoms with Crippen molar-refractivity contribution >= 4 is 5.78 Å². The number of nitrogens with one attached hydrogen (secondary N) is 1. The Morgan fingerprint density at radius 1 is 1.29 bits per heavy atom. The lowest BCUT2D eigenvalue weighted by Crippen LogP contribution is -2.37. The summed E-state index contributed by atoms with van der Waals surface area (Å²) >= 11 is 0. The molecule has 21 heavy (non-hydrogen) atoms. The molecule has 3 unspecified atom stereocenters. The molecule has 1 saturated carbocycles. The van der Waals surface area contributed by atoms with Crippen LogP contribution in [0.5, 0.6) is 5.75 Å². The first-order valence-electron chi connectivity index (χ1n) is 8.31.